The Balaban J connectivity index is 1.50. The Morgan fingerprint density at radius 1 is 1.23 bits per heavy atom. The number of nitrogens with zero attached hydrogens (tertiary/aromatic N) is 2. The second-order valence-corrected chi connectivity index (χ2v) is 7.55. The van der Waals surface area contributed by atoms with Crippen LogP contribution in [0.1, 0.15) is 36.0 Å². The largest absolute Gasteiger partial charge is 0.495 e. The molecule has 0 aliphatic heterocycles. The fourth-order valence-electron chi connectivity index (χ4n) is 4.04. The van der Waals surface area contributed by atoms with Crippen LogP contribution in [-0.4, -0.2) is 60.0 Å². The van der Waals surface area contributed by atoms with E-state index in [1.807, 2.05) is 22.9 Å². The zero-order valence-electron chi connectivity index (χ0n) is 17.4. The molecule has 2 aromatic heterocycles. The van der Waals surface area contributed by atoms with Crippen molar-refractivity contribution < 1.29 is 19.0 Å². The molecule has 2 N–H and O–H groups in total. The Morgan fingerprint density at radius 2 is 2.07 bits per heavy atom. The molecule has 3 aromatic rings. The number of nitrogens with one attached hydrogen (secondary N) is 2. The number of aromatic nitrogens is 3. The zero-order valence-corrected chi connectivity index (χ0v) is 17.4. The van der Waals surface area contributed by atoms with E-state index in [0.717, 1.165) is 42.3 Å². The molecule has 30 heavy (non-hydrogen) atoms. The molecule has 2 heterocycles. The lowest BCUT2D eigenvalue weighted by atomic mass is 9.92. The van der Waals surface area contributed by atoms with Gasteiger partial charge in [0.2, 0.25) is 0 Å². The number of imidazole rings is 1. The number of ether oxygens (including phenoxy) is 3. The van der Waals surface area contributed by atoms with Gasteiger partial charge in [-0.1, -0.05) is 0 Å². The normalized spacial score (nSPS) is 19.1. The third kappa shape index (κ3) is 4.34. The highest BCUT2D eigenvalue weighted by atomic mass is 16.5. The quantitative estimate of drug-likeness (QED) is 0.555. The monoisotopic (exact) mass is 412 g/mol. The van der Waals surface area contributed by atoms with Crippen molar-refractivity contribution in [2.75, 3.05) is 27.4 Å². The van der Waals surface area contributed by atoms with Gasteiger partial charge in [-0.25, -0.2) is 4.98 Å². The molecule has 0 radical (unpaired) electrons. The SMILES string of the molecule is COCCOC1CCC(NC(=O)c2cc(-n3ccnc3)cc3c(OC)c[nH]c23)CC1. The maximum Gasteiger partial charge on any atom is 0.253 e. The van der Waals surface area contributed by atoms with E-state index in [2.05, 4.69) is 15.3 Å². The van der Waals surface area contributed by atoms with Crippen molar-refractivity contribution >= 4 is 16.8 Å². The standard InChI is InChI=1S/C22H28N4O4/c1-28-9-10-30-17-5-3-15(4-6-17)25-22(27)19-12-16(26-8-7-23-14-26)11-18-20(29-2)13-24-21(18)19/h7-8,11-15,17,24H,3-6,9-10H2,1-2H3,(H,25,27). The van der Waals surface area contributed by atoms with Gasteiger partial charge >= 0.3 is 0 Å². The summed E-state index contributed by atoms with van der Waals surface area (Å²) in [7, 11) is 3.30. The van der Waals surface area contributed by atoms with Crippen molar-refractivity contribution in [2.45, 2.75) is 37.8 Å². The third-order valence-corrected chi connectivity index (χ3v) is 5.65. The maximum absolute atomic E-state index is 13.2. The van der Waals surface area contributed by atoms with E-state index < -0.39 is 0 Å². The lowest BCUT2D eigenvalue weighted by Crippen LogP contribution is -2.39. The van der Waals surface area contributed by atoms with Gasteiger partial charge in [-0.3, -0.25) is 4.79 Å². The first-order chi connectivity index (χ1) is 14.7. The van der Waals surface area contributed by atoms with E-state index in [4.69, 9.17) is 14.2 Å². The number of fused-ring (bicyclic) bond motifs is 1. The molecule has 160 valence electrons. The molecule has 1 saturated carbocycles. The van der Waals surface area contributed by atoms with Gasteiger partial charge in [-0.05, 0) is 37.8 Å². The van der Waals surface area contributed by atoms with E-state index >= 15 is 0 Å². The van der Waals surface area contributed by atoms with Gasteiger partial charge in [0.15, 0.2) is 0 Å². The number of methoxy groups -OCH3 is 2. The average Bonchev–Trinajstić information content (AvgIpc) is 3.44. The summed E-state index contributed by atoms with van der Waals surface area (Å²) in [6, 6.07) is 4.02. The van der Waals surface area contributed by atoms with Crippen LogP contribution in [0.2, 0.25) is 0 Å². The van der Waals surface area contributed by atoms with E-state index in [0.29, 0.717) is 24.5 Å². The second-order valence-electron chi connectivity index (χ2n) is 7.55. The number of aromatic amines is 1. The topological polar surface area (TPSA) is 90.4 Å². The van der Waals surface area contributed by atoms with Gasteiger partial charge in [0, 0.05) is 42.8 Å². The number of carbonyl (C=O) groups is 1. The minimum Gasteiger partial charge on any atom is -0.495 e. The van der Waals surface area contributed by atoms with Crippen molar-refractivity contribution in [3.8, 4) is 11.4 Å². The fraction of sp³-hybridized carbons (Fsp3) is 0.455. The van der Waals surface area contributed by atoms with Gasteiger partial charge < -0.3 is 29.1 Å². The summed E-state index contributed by atoms with van der Waals surface area (Å²) in [5.41, 5.74) is 2.22. The highest BCUT2D eigenvalue weighted by Crippen LogP contribution is 2.31. The molecule has 1 fully saturated rings. The molecule has 0 atom stereocenters. The molecule has 0 bridgehead atoms. The first-order valence-corrected chi connectivity index (χ1v) is 10.3. The third-order valence-electron chi connectivity index (χ3n) is 5.65. The summed E-state index contributed by atoms with van der Waals surface area (Å²) in [6.45, 7) is 1.23. The maximum atomic E-state index is 13.2. The summed E-state index contributed by atoms with van der Waals surface area (Å²) < 4.78 is 18.2. The molecule has 1 aromatic carbocycles. The van der Waals surface area contributed by atoms with Crippen LogP contribution in [0, 0.1) is 0 Å². The summed E-state index contributed by atoms with van der Waals surface area (Å²) in [4.78, 5) is 20.5. The Hall–Kier alpha value is -2.84. The molecule has 8 heteroatoms. The van der Waals surface area contributed by atoms with Gasteiger partial charge in [0.25, 0.3) is 5.91 Å². The van der Waals surface area contributed by atoms with Crippen molar-refractivity contribution in [1.29, 1.82) is 0 Å². The lowest BCUT2D eigenvalue weighted by Gasteiger charge is -2.29. The van der Waals surface area contributed by atoms with Crippen molar-refractivity contribution in [1.82, 2.24) is 19.9 Å². The van der Waals surface area contributed by atoms with Crippen molar-refractivity contribution in [3.05, 3.63) is 42.6 Å². The summed E-state index contributed by atoms with van der Waals surface area (Å²) in [5.74, 6) is 0.616. The number of hydrogen-bond acceptors (Lipinski definition) is 5. The Morgan fingerprint density at radius 3 is 2.77 bits per heavy atom. The van der Waals surface area contributed by atoms with Crippen LogP contribution in [0.25, 0.3) is 16.6 Å². The zero-order chi connectivity index (χ0) is 20.9. The van der Waals surface area contributed by atoms with Crippen molar-refractivity contribution in [2.24, 2.45) is 0 Å². The molecular formula is C22H28N4O4. The highest BCUT2D eigenvalue weighted by Gasteiger charge is 2.24. The summed E-state index contributed by atoms with van der Waals surface area (Å²) in [5, 5.41) is 4.07. The molecule has 0 saturated heterocycles. The molecule has 1 amide bonds. The molecule has 1 aliphatic carbocycles. The van der Waals surface area contributed by atoms with E-state index in [9.17, 15) is 4.79 Å². The van der Waals surface area contributed by atoms with Gasteiger partial charge in [0.05, 0.1) is 43.8 Å². The lowest BCUT2D eigenvalue weighted by molar-refractivity contribution is -0.00408. The molecule has 0 spiro atoms. The van der Waals surface area contributed by atoms with Crippen LogP contribution in [0.5, 0.6) is 5.75 Å². The summed E-state index contributed by atoms with van der Waals surface area (Å²) in [6.07, 6.45) is 11.0. The predicted molar refractivity (Wildman–Crippen MR) is 113 cm³/mol. The van der Waals surface area contributed by atoms with Crippen molar-refractivity contribution in [3.63, 3.8) is 0 Å². The van der Waals surface area contributed by atoms with Gasteiger partial charge in [0.1, 0.15) is 5.75 Å². The number of H-pyrrole nitrogens is 1. The number of benzene rings is 1. The smallest absolute Gasteiger partial charge is 0.253 e. The van der Waals surface area contributed by atoms with Crippen LogP contribution < -0.4 is 10.1 Å². The first kappa shape index (κ1) is 20.4. The van der Waals surface area contributed by atoms with E-state index in [1.165, 1.54) is 0 Å². The number of rotatable bonds is 8. The molecule has 0 unspecified atom stereocenters. The van der Waals surface area contributed by atoms with Crippen LogP contribution in [0.3, 0.4) is 0 Å². The van der Waals surface area contributed by atoms with Gasteiger partial charge in [-0.15, -0.1) is 0 Å². The van der Waals surface area contributed by atoms with Gasteiger partial charge in [-0.2, -0.15) is 0 Å². The van der Waals surface area contributed by atoms with Crippen LogP contribution in [0.15, 0.2) is 37.1 Å². The number of hydrogen-bond donors (Lipinski definition) is 2. The molecule has 1 aliphatic rings. The van der Waals surface area contributed by atoms with Crippen LogP contribution in [-0.2, 0) is 9.47 Å². The molecular weight excluding hydrogens is 384 g/mol. The van der Waals surface area contributed by atoms with Crippen LogP contribution in [0.4, 0.5) is 0 Å². The number of amides is 1. The Labute approximate surface area is 175 Å². The first-order valence-electron chi connectivity index (χ1n) is 10.3. The second kappa shape index (κ2) is 9.32. The average molecular weight is 412 g/mol. The molecule has 8 nitrogen and oxygen atoms in total. The summed E-state index contributed by atoms with van der Waals surface area (Å²) >= 11 is 0. The highest BCUT2D eigenvalue weighted by molar-refractivity contribution is 6.08. The number of carbonyl (C=O) groups excluding carboxylic acids is 1. The Bertz CT molecular complexity index is 975. The minimum absolute atomic E-state index is 0.0878. The fourth-order valence-corrected chi connectivity index (χ4v) is 4.04. The predicted octanol–water partition coefficient (Wildman–Crippen LogP) is 3.07. The minimum atomic E-state index is -0.0878. The Kier molecular flexibility index (Phi) is 6.35. The molecule has 4 rings (SSSR count). The van der Waals surface area contributed by atoms with Crippen LogP contribution >= 0.6 is 0 Å². The van der Waals surface area contributed by atoms with E-state index in [1.54, 1.807) is 32.9 Å². The van der Waals surface area contributed by atoms with E-state index in [-0.39, 0.29) is 18.1 Å².